The van der Waals surface area contributed by atoms with Crippen molar-refractivity contribution in [3.63, 3.8) is 0 Å². The molecular weight excluding hydrogens is 280 g/mol. The van der Waals surface area contributed by atoms with E-state index in [2.05, 4.69) is 30.4 Å². The summed E-state index contributed by atoms with van der Waals surface area (Å²) in [6.07, 6.45) is 2.40. The SMILES string of the molecule is CCc1cc(C(=O)NC2(C#N)CC2)sc1-c1ccccc1. The molecule has 0 spiro atoms. The summed E-state index contributed by atoms with van der Waals surface area (Å²) in [4.78, 5) is 14.2. The molecule has 106 valence electrons. The van der Waals surface area contributed by atoms with Crippen LogP contribution in [0.3, 0.4) is 0 Å². The summed E-state index contributed by atoms with van der Waals surface area (Å²) in [5, 5.41) is 11.9. The number of aryl methyl sites for hydroxylation is 1. The highest BCUT2D eigenvalue weighted by atomic mass is 32.1. The predicted octanol–water partition coefficient (Wildman–Crippen LogP) is 3.76. The number of carbonyl (C=O) groups is 1. The first kappa shape index (κ1) is 13.8. The lowest BCUT2D eigenvalue weighted by atomic mass is 10.1. The Morgan fingerprint density at radius 2 is 2.10 bits per heavy atom. The number of hydrogen-bond acceptors (Lipinski definition) is 3. The minimum absolute atomic E-state index is 0.129. The van der Waals surface area contributed by atoms with Gasteiger partial charge in [0.05, 0.1) is 10.9 Å². The molecule has 0 atom stereocenters. The molecule has 2 aromatic rings. The van der Waals surface area contributed by atoms with Crippen molar-refractivity contribution in [3.8, 4) is 16.5 Å². The highest BCUT2D eigenvalue weighted by molar-refractivity contribution is 7.17. The zero-order chi connectivity index (χ0) is 14.9. The maximum Gasteiger partial charge on any atom is 0.262 e. The van der Waals surface area contributed by atoms with E-state index in [1.807, 2.05) is 24.3 Å². The van der Waals surface area contributed by atoms with Crippen LogP contribution < -0.4 is 5.32 Å². The Bertz CT molecular complexity index is 708. The summed E-state index contributed by atoms with van der Waals surface area (Å²) >= 11 is 1.50. The molecule has 1 aliphatic rings. The first-order valence-electron chi connectivity index (χ1n) is 7.09. The molecule has 0 saturated heterocycles. The average Bonchev–Trinajstić information content (AvgIpc) is 3.15. The van der Waals surface area contributed by atoms with Crippen LogP contribution in [0.4, 0.5) is 0 Å². The third-order valence-electron chi connectivity index (χ3n) is 3.77. The van der Waals surface area contributed by atoms with Gasteiger partial charge in [-0.3, -0.25) is 4.79 Å². The van der Waals surface area contributed by atoms with Gasteiger partial charge in [0.1, 0.15) is 5.54 Å². The molecule has 0 unspecified atom stereocenters. The predicted molar refractivity (Wildman–Crippen MR) is 84.2 cm³/mol. The summed E-state index contributed by atoms with van der Waals surface area (Å²) in [5.74, 6) is -0.129. The van der Waals surface area contributed by atoms with E-state index in [1.165, 1.54) is 16.9 Å². The van der Waals surface area contributed by atoms with Crippen LogP contribution in [0.1, 0.15) is 35.0 Å². The van der Waals surface area contributed by atoms with Gasteiger partial charge in [-0.05, 0) is 36.5 Å². The fourth-order valence-electron chi connectivity index (χ4n) is 2.31. The smallest absolute Gasteiger partial charge is 0.262 e. The van der Waals surface area contributed by atoms with E-state index in [9.17, 15) is 4.79 Å². The first-order valence-corrected chi connectivity index (χ1v) is 7.91. The number of thiophene rings is 1. The molecule has 1 aromatic carbocycles. The van der Waals surface area contributed by atoms with Gasteiger partial charge in [-0.2, -0.15) is 5.26 Å². The maximum atomic E-state index is 12.3. The highest BCUT2D eigenvalue weighted by Crippen LogP contribution is 2.37. The minimum atomic E-state index is -0.611. The lowest BCUT2D eigenvalue weighted by Crippen LogP contribution is -2.35. The van der Waals surface area contributed by atoms with E-state index < -0.39 is 5.54 Å². The zero-order valence-electron chi connectivity index (χ0n) is 11.8. The molecule has 21 heavy (non-hydrogen) atoms. The summed E-state index contributed by atoms with van der Waals surface area (Å²) in [7, 11) is 0. The normalized spacial score (nSPS) is 15.2. The van der Waals surface area contributed by atoms with Gasteiger partial charge in [0, 0.05) is 4.88 Å². The number of nitrogens with one attached hydrogen (secondary N) is 1. The van der Waals surface area contributed by atoms with Crippen molar-refractivity contribution >= 4 is 17.2 Å². The number of nitriles is 1. The minimum Gasteiger partial charge on any atom is -0.333 e. The van der Waals surface area contributed by atoms with Crippen LogP contribution >= 0.6 is 11.3 Å². The summed E-state index contributed by atoms with van der Waals surface area (Å²) in [5.41, 5.74) is 1.71. The Kier molecular flexibility index (Phi) is 3.52. The lowest BCUT2D eigenvalue weighted by Gasteiger charge is -2.06. The van der Waals surface area contributed by atoms with E-state index in [1.54, 1.807) is 0 Å². The van der Waals surface area contributed by atoms with Crippen LogP contribution in [0.25, 0.3) is 10.4 Å². The maximum absolute atomic E-state index is 12.3. The Balaban J connectivity index is 1.90. The molecule has 3 nitrogen and oxygen atoms in total. The van der Waals surface area contributed by atoms with Crippen molar-refractivity contribution in [2.75, 3.05) is 0 Å². The van der Waals surface area contributed by atoms with Gasteiger partial charge in [-0.25, -0.2) is 0 Å². The van der Waals surface area contributed by atoms with E-state index in [0.29, 0.717) is 4.88 Å². The van der Waals surface area contributed by atoms with Gasteiger partial charge >= 0.3 is 0 Å². The lowest BCUT2D eigenvalue weighted by molar-refractivity contribution is 0.0945. The van der Waals surface area contributed by atoms with Gasteiger partial charge in [0.25, 0.3) is 5.91 Å². The molecule has 3 rings (SSSR count). The van der Waals surface area contributed by atoms with E-state index in [4.69, 9.17) is 5.26 Å². The third-order valence-corrected chi connectivity index (χ3v) is 4.99. The first-order chi connectivity index (χ1) is 10.2. The summed E-state index contributed by atoms with van der Waals surface area (Å²) in [6.45, 7) is 2.09. The second-order valence-corrected chi connectivity index (χ2v) is 6.38. The Hall–Kier alpha value is -2.12. The standard InChI is InChI=1S/C17H16N2OS/c1-2-12-10-14(16(20)19-17(11-18)8-9-17)21-15(12)13-6-4-3-5-7-13/h3-7,10H,2,8-9H2,1H3,(H,19,20). The van der Waals surface area contributed by atoms with Crippen LogP contribution in [0, 0.1) is 11.3 Å². The molecule has 0 aliphatic heterocycles. The van der Waals surface area contributed by atoms with Gasteiger partial charge in [-0.15, -0.1) is 11.3 Å². The summed E-state index contributed by atoms with van der Waals surface area (Å²) < 4.78 is 0. The third kappa shape index (κ3) is 2.70. The van der Waals surface area contributed by atoms with Crippen LogP contribution in [-0.4, -0.2) is 11.4 Å². The van der Waals surface area contributed by atoms with Gasteiger partial charge in [0.15, 0.2) is 0 Å². The van der Waals surface area contributed by atoms with Crippen molar-refractivity contribution in [2.24, 2.45) is 0 Å². The number of amides is 1. The largest absolute Gasteiger partial charge is 0.333 e. The fraction of sp³-hybridized carbons (Fsp3) is 0.294. The van der Waals surface area contributed by atoms with Gasteiger partial charge < -0.3 is 5.32 Å². The Morgan fingerprint density at radius 3 is 2.67 bits per heavy atom. The van der Waals surface area contributed by atoms with Crippen LogP contribution in [0.5, 0.6) is 0 Å². The molecule has 1 aliphatic carbocycles. The van der Waals surface area contributed by atoms with E-state index >= 15 is 0 Å². The second kappa shape index (κ2) is 5.34. The molecule has 4 heteroatoms. The van der Waals surface area contributed by atoms with Gasteiger partial charge in [-0.1, -0.05) is 37.3 Å². The molecule has 1 N–H and O–H groups in total. The Labute approximate surface area is 128 Å². The molecular formula is C17H16N2OS. The second-order valence-electron chi connectivity index (χ2n) is 5.33. The van der Waals surface area contributed by atoms with Crippen LogP contribution in [0.15, 0.2) is 36.4 Å². The number of rotatable bonds is 4. The van der Waals surface area contributed by atoms with Gasteiger partial charge in [0.2, 0.25) is 0 Å². The molecule has 0 bridgehead atoms. The Morgan fingerprint density at radius 1 is 1.38 bits per heavy atom. The molecule has 1 heterocycles. The quantitative estimate of drug-likeness (QED) is 0.934. The highest BCUT2D eigenvalue weighted by Gasteiger charge is 2.45. The fourth-order valence-corrected chi connectivity index (χ4v) is 3.46. The number of carbonyl (C=O) groups excluding carboxylic acids is 1. The number of benzene rings is 1. The molecule has 1 saturated carbocycles. The van der Waals surface area contributed by atoms with Crippen molar-refractivity contribution in [1.29, 1.82) is 5.26 Å². The molecule has 1 aromatic heterocycles. The van der Waals surface area contributed by atoms with Crippen molar-refractivity contribution < 1.29 is 4.79 Å². The number of nitrogens with zero attached hydrogens (tertiary/aromatic N) is 1. The van der Waals surface area contributed by atoms with E-state index in [-0.39, 0.29) is 5.91 Å². The average molecular weight is 296 g/mol. The topological polar surface area (TPSA) is 52.9 Å². The molecule has 1 amide bonds. The van der Waals surface area contributed by atoms with Crippen molar-refractivity contribution in [3.05, 3.63) is 46.8 Å². The summed E-state index contributed by atoms with van der Waals surface area (Å²) in [6, 6.07) is 14.3. The van der Waals surface area contributed by atoms with Crippen molar-refractivity contribution in [2.45, 2.75) is 31.7 Å². The van der Waals surface area contributed by atoms with Crippen molar-refractivity contribution in [1.82, 2.24) is 5.32 Å². The monoisotopic (exact) mass is 296 g/mol. The van der Waals surface area contributed by atoms with E-state index in [0.717, 1.165) is 29.7 Å². The number of hydrogen-bond donors (Lipinski definition) is 1. The van der Waals surface area contributed by atoms with Crippen LogP contribution in [0.2, 0.25) is 0 Å². The molecule has 1 fully saturated rings. The molecule has 0 radical (unpaired) electrons. The van der Waals surface area contributed by atoms with Crippen LogP contribution in [-0.2, 0) is 6.42 Å². The zero-order valence-corrected chi connectivity index (χ0v) is 12.7.